The molecule has 9 heteroatoms. The number of rotatable bonds is 9. The van der Waals surface area contributed by atoms with Crippen molar-refractivity contribution >= 4 is 29.1 Å². The summed E-state index contributed by atoms with van der Waals surface area (Å²) in [5.41, 5.74) is 1.13. The summed E-state index contributed by atoms with van der Waals surface area (Å²) in [5, 5.41) is 2.99. The second kappa shape index (κ2) is 9.76. The van der Waals surface area contributed by atoms with Crippen LogP contribution in [0.5, 0.6) is 0 Å². The van der Waals surface area contributed by atoms with Gasteiger partial charge in [-0.2, -0.15) is 4.98 Å². The summed E-state index contributed by atoms with van der Waals surface area (Å²) in [4.78, 5) is 33.5. The minimum absolute atomic E-state index is 0.0201. The van der Waals surface area contributed by atoms with Crippen LogP contribution in [0.4, 0.5) is 11.5 Å². The Kier molecular flexibility index (Phi) is 7.11. The summed E-state index contributed by atoms with van der Waals surface area (Å²) in [6.45, 7) is 2.39. The SMILES string of the molecule is CCC(C(=O)OC)N(c1nc(Cl)ncc1N=O)C1CC(OCc2ccccc2)C1. The molecule has 1 aliphatic rings. The fraction of sp³-hybridized carbons (Fsp3) is 0.450. The molecular weight excluding hydrogens is 396 g/mol. The van der Waals surface area contributed by atoms with E-state index in [1.54, 1.807) is 4.90 Å². The monoisotopic (exact) mass is 418 g/mol. The molecule has 1 aromatic carbocycles. The Morgan fingerprint density at radius 1 is 1.34 bits per heavy atom. The van der Waals surface area contributed by atoms with Crippen LogP contribution in [0.15, 0.2) is 41.7 Å². The van der Waals surface area contributed by atoms with Gasteiger partial charge in [-0.3, -0.25) is 0 Å². The number of benzene rings is 1. The van der Waals surface area contributed by atoms with E-state index in [0.717, 1.165) is 5.56 Å². The minimum atomic E-state index is -0.619. The Balaban J connectivity index is 1.77. The van der Waals surface area contributed by atoms with E-state index in [1.165, 1.54) is 13.3 Å². The quantitative estimate of drug-likeness (QED) is 0.344. The van der Waals surface area contributed by atoms with Gasteiger partial charge in [-0.1, -0.05) is 37.3 Å². The van der Waals surface area contributed by atoms with Crippen molar-refractivity contribution in [2.45, 2.75) is 51.0 Å². The Labute approximate surface area is 174 Å². The van der Waals surface area contributed by atoms with E-state index in [0.29, 0.717) is 25.9 Å². The number of nitrogens with zero attached hydrogens (tertiary/aromatic N) is 4. The highest BCUT2D eigenvalue weighted by Gasteiger charge is 2.41. The van der Waals surface area contributed by atoms with Gasteiger partial charge >= 0.3 is 5.97 Å². The number of esters is 1. The molecule has 2 aromatic rings. The Morgan fingerprint density at radius 3 is 2.69 bits per heavy atom. The Bertz CT molecular complexity index is 846. The number of ether oxygens (including phenoxy) is 2. The number of aromatic nitrogens is 2. The van der Waals surface area contributed by atoms with Gasteiger partial charge < -0.3 is 14.4 Å². The molecule has 1 atom stereocenters. The smallest absolute Gasteiger partial charge is 0.328 e. The highest BCUT2D eigenvalue weighted by molar-refractivity contribution is 6.28. The minimum Gasteiger partial charge on any atom is -0.467 e. The standard InChI is InChI=1S/C20H23ClN4O4/c1-3-17(19(26)28-2)25(18-16(24-27)11-22-20(21)23-18)14-9-15(10-14)29-12-13-7-5-4-6-8-13/h4-8,11,14-15,17H,3,9-10,12H2,1-2H3. The molecule has 1 aliphatic carbocycles. The maximum Gasteiger partial charge on any atom is 0.328 e. The molecule has 0 spiro atoms. The van der Waals surface area contributed by atoms with Crippen LogP contribution in [0.1, 0.15) is 31.7 Å². The zero-order chi connectivity index (χ0) is 20.8. The van der Waals surface area contributed by atoms with Crippen molar-refractivity contribution in [2.75, 3.05) is 12.0 Å². The van der Waals surface area contributed by atoms with Crippen LogP contribution in [0, 0.1) is 4.91 Å². The van der Waals surface area contributed by atoms with E-state index < -0.39 is 12.0 Å². The van der Waals surface area contributed by atoms with Crippen molar-refractivity contribution in [2.24, 2.45) is 5.18 Å². The number of hydrogen-bond donors (Lipinski definition) is 0. The van der Waals surface area contributed by atoms with E-state index >= 15 is 0 Å². The second-order valence-corrected chi connectivity index (χ2v) is 7.18. The van der Waals surface area contributed by atoms with Crippen LogP contribution < -0.4 is 4.90 Å². The van der Waals surface area contributed by atoms with E-state index in [4.69, 9.17) is 21.1 Å². The molecule has 0 bridgehead atoms. The molecule has 29 heavy (non-hydrogen) atoms. The highest BCUT2D eigenvalue weighted by atomic mass is 35.5. The maximum atomic E-state index is 12.4. The van der Waals surface area contributed by atoms with Gasteiger partial charge in [0.15, 0.2) is 11.5 Å². The topological polar surface area (TPSA) is 94.0 Å². The van der Waals surface area contributed by atoms with Crippen LogP contribution in [0.2, 0.25) is 5.28 Å². The second-order valence-electron chi connectivity index (χ2n) is 6.84. The summed E-state index contributed by atoms with van der Waals surface area (Å²) in [6.07, 6.45) is 3.14. The van der Waals surface area contributed by atoms with E-state index in [1.807, 2.05) is 37.3 Å². The maximum absolute atomic E-state index is 12.4. The number of nitroso groups, excluding NO2 is 1. The molecule has 1 aromatic heterocycles. The van der Waals surface area contributed by atoms with Crippen molar-refractivity contribution in [3.63, 3.8) is 0 Å². The molecular formula is C20H23ClN4O4. The number of methoxy groups -OCH3 is 1. The molecule has 1 unspecified atom stereocenters. The van der Waals surface area contributed by atoms with Crippen LogP contribution in [0.3, 0.4) is 0 Å². The molecule has 0 amide bonds. The van der Waals surface area contributed by atoms with Gasteiger partial charge in [0.1, 0.15) is 6.04 Å². The van der Waals surface area contributed by atoms with Gasteiger partial charge in [0.25, 0.3) is 0 Å². The normalized spacial score (nSPS) is 19.1. The van der Waals surface area contributed by atoms with Crippen molar-refractivity contribution in [3.05, 3.63) is 52.3 Å². The lowest BCUT2D eigenvalue weighted by Crippen LogP contribution is -2.55. The fourth-order valence-corrected chi connectivity index (χ4v) is 3.61. The van der Waals surface area contributed by atoms with Gasteiger partial charge in [0.05, 0.1) is 26.0 Å². The van der Waals surface area contributed by atoms with Gasteiger partial charge in [-0.25, -0.2) is 9.78 Å². The van der Waals surface area contributed by atoms with Crippen LogP contribution in [-0.4, -0.2) is 41.2 Å². The number of anilines is 1. The lowest BCUT2D eigenvalue weighted by molar-refractivity contribution is -0.142. The van der Waals surface area contributed by atoms with Crippen molar-refractivity contribution in [1.29, 1.82) is 0 Å². The van der Waals surface area contributed by atoms with Crippen molar-refractivity contribution in [1.82, 2.24) is 9.97 Å². The summed E-state index contributed by atoms with van der Waals surface area (Å²) in [6, 6.07) is 9.25. The predicted molar refractivity (Wildman–Crippen MR) is 109 cm³/mol. The first kappa shape index (κ1) is 21.1. The fourth-order valence-electron chi connectivity index (χ4n) is 3.48. The molecule has 0 radical (unpaired) electrons. The first-order valence-electron chi connectivity index (χ1n) is 9.44. The van der Waals surface area contributed by atoms with Gasteiger partial charge in [0, 0.05) is 6.04 Å². The molecule has 8 nitrogen and oxygen atoms in total. The average molecular weight is 419 g/mol. The molecule has 1 saturated carbocycles. The molecule has 0 saturated heterocycles. The van der Waals surface area contributed by atoms with E-state index in [2.05, 4.69) is 15.1 Å². The first-order valence-corrected chi connectivity index (χ1v) is 9.82. The average Bonchev–Trinajstić information content (AvgIpc) is 2.72. The summed E-state index contributed by atoms with van der Waals surface area (Å²) in [7, 11) is 1.33. The van der Waals surface area contributed by atoms with Crippen molar-refractivity contribution < 1.29 is 14.3 Å². The summed E-state index contributed by atoms with van der Waals surface area (Å²) in [5.74, 6) is -0.170. The molecule has 1 heterocycles. The third kappa shape index (κ3) is 4.89. The predicted octanol–water partition coefficient (Wildman–Crippen LogP) is 4.03. The number of hydrogen-bond acceptors (Lipinski definition) is 8. The first-order chi connectivity index (χ1) is 14.1. The molecule has 3 rings (SSSR count). The molecule has 154 valence electrons. The third-order valence-corrected chi connectivity index (χ3v) is 5.23. The van der Waals surface area contributed by atoms with E-state index in [9.17, 15) is 9.70 Å². The zero-order valence-corrected chi connectivity index (χ0v) is 17.1. The van der Waals surface area contributed by atoms with Crippen LogP contribution >= 0.6 is 11.6 Å². The highest BCUT2D eigenvalue weighted by Crippen LogP contribution is 2.38. The summed E-state index contributed by atoms with van der Waals surface area (Å²) < 4.78 is 10.9. The van der Waals surface area contributed by atoms with Gasteiger partial charge in [-0.15, -0.1) is 4.91 Å². The molecule has 1 fully saturated rings. The molecule has 0 aliphatic heterocycles. The largest absolute Gasteiger partial charge is 0.467 e. The number of carbonyl (C=O) groups is 1. The third-order valence-electron chi connectivity index (χ3n) is 5.05. The lowest BCUT2D eigenvalue weighted by Gasteiger charge is -2.45. The Morgan fingerprint density at radius 2 is 2.07 bits per heavy atom. The summed E-state index contributed by atoms with van der Waals surface area (Å²) >= 11 is 5.96. The number of halogens is 1. The number of carbonyl (C=O) groups excluding carboxylic acids is 1. The Hall–Kier alpha value is -2.58. The van der Waals surface area contributed by atoms with E-state index in [-0.39, 0.29) is 28.9 Å². The van der Waals surface area contributed by atoms with Crippen molar-refractivity contribution in [3.8, 4) is 0 Å². The molecule has 0 N–H and O–H groups in total. The van der Waals surface area contributed by atoms with Crippen LogP contribution in [0.25, 0.3) is 0 Å². The zero-order valence-electron chi connectivity index (χ0n) is 16.3. The lowest BCUT2D eigenvalue weighted by atomic mass is 9.86. The van der Waals surface area contributed by atoms with Gasteiger partial charge in [-0.05, 0) is 41.6 Å². The van der Waals surface area contributed by atoms with Gasteiger partial charge in [0.2, 0.25) is 5.28 Å². The van der Waals surface area contributed by atoms with Crippen LogP contribution in [-0.2, 0) is 20.9 Å².